The molecule has 0 atom stereocenters. The summed E-state index contributed by atoms with van der Waals surface area (Å²) in [5, 5.41) is 3.41. The van der Waals surface area contributed by atoms with E-state index in [0.717, 1.165) is 32.7 Å². The van der Waals surface area contributed by atoms with Gasteiger partial charge in [-0.3, -0.25) is 0 Å². The number of hydrogen-bond acceptors (Lipinski definition) is 3. The molecule has 3 nitrogen and oxygen atoms in total. The Morgan fingerprint density at radius 3 is 2.32 bits per heavy atom. The molecule has 0 saturated heterocycles. The predicted octanol–water partition coefficient (Wildman–Crippen LogP) is 2.18. The number of nitrogens with zero attached hydrogens (tertiary/aromatic N) is 2. The van der Waals surface area contributed by atoms with Gasteiger partial charge in [-0.05, 0) is 58.3 Å². The minimum Gasteiger partial charge on any atom is -0.313 e. The second-order valence-corrected chi connectivity index (χ2v) is 5.44. The Labute approximate surface area is 118 Å². The first kappa shape index (κ1) is 16.2. The van der Waals surface area contributed by atoms with Crippen molar-refractivity contribution in [2.75, 3.05) is 40.8 Å². The molecular weight excluding hydrogens is 234 g/mol. The van der Waals surface area contributed by atoms with Crippen LogP contribution in [0.3, 0.4) is 0 Å². The highest BCUT2D eigenvalue weighted by atomic mass is 15.1. The number of nitrogens with one attached hydrogen (secondary N) is 1. The number of rotatable bonds is 9. The molecule has 0 amide bonds. The average molecular weight is 263 g/mol. The van der Waals surface area contributed by atoms with Gasteiger partial charge < -0.3 is 15.1 Å². The Morgan fingerprint density at radius 2 is 1.68 bits per heavy atom. The van der Waals surface area contributed by atoms with E-state index in [1.54, 1.807) is 0 Å². The lowest BCUT2D eigenvalue weighted by molar-refractivity contribution is 0.294. The van der Waals surface area contributed by atoms with Crippen LogP contribution >= 0.6 is 0 Å². The van der Waals surface area contributed by atoms with Crippen LogP contribution in [0.4, 0.5) is 0 Å². The Balaban J connectivity index is 2.46. The third-order valence-electron chi connectivity index (χ3n) is 3.27. The van der Waals surface area contributed by atoms with Crippen molar-refractivity contribution in [2.45, 2.75) is 26.4 Å². The van der Waals surface area contributed by atoms with Crippen molar-refractivity contribution in [3.8, 4) is 0 Å². The van der Waals surface area contributed by atoms with Crippen molar-refractivity contribution >= 4 is 0 Å². The normalized spacial score (nSPS) is 11.5. The first-order valence-corrected chi connectivity index (χ1v) is 7.24. The van der Waals surface area contributed by atoms with Crippen LogP contribution < -0.4 is 5.32 Å². The summed E-state index contributed by atoms with van der Waals surface area (Å²) in [6, 6.07) is 8.74. The molecule has 1 rings (SSSR count). The van der Waals surface area contributed by atoms with Gasteiger partial charge in [0.2, 0.25) is 0 Å². The molecule has 0 radical (unpaired) electrons. The molecule has 0 heterocycles. The largest absolute Gasteiger partial charge is 0.313 e. The molecule has 0 saturated carbocycles. The molecule has 1 aromatic carbocycles. The molecule has 108 valence electrons. The zero-order chi connectivity index (χ0) is 14.1. The van der Waals surface area contributed by atoms with Crippen LogP contribution in [0.1, 0.15) is 24.5 Å². The molecule has 0 aliphatic carbocycles. The molecule has 0 spiro atoms. The van der Waals surface area contributed by atoms with Crippen molar-refractivity contribution in [1.82, 2.24) is 15.1 Å². The number of benzene rings is 1. The van der Waals surface area contributed by atoms with E-state index in [2.05, 4.69) is 67.4 Å². The van der Waals surface area contributed by atoms with E-state index in [9.17, 15) is 0 Å². The number of hydrogen-bond donors (Lipinski definition) is 1. The van der Waals surface area contributed by atoms with Gasteiger partial charge in [0.1, 0.15) is 0 Å². The van der Waals surface area contributed by atoms with E-state index in [-0.39, 0.29) is 0 Å². The maximum atomic E-state index is 3.41. The van der Waals surface area contributed by atoms with Crippen LogP contribution in [0.15, 0.2) is 24.3 Å². The van der Waals surface area contributed by atoms with Gasteiger partial charge in [0.05, 0.1) is 0 Å². The minimum atomic E-state index is 0.970. The Bertz CT molecular complexity index is 350. The van der Waals surface area contributed by atoms with Gasteiger partial charge in [0, 0.05) is 13.1 Å². The first-order chi connectivity index (χ1) is 9.13. The van der Waals surface area contributed by atoms with E-state index in [4.69, 9.17) is 0 Å². The molecule has 19 heavy (non-hydrogen) atoms. The van der Waals surface area contributed by atoms with Crippen LogP contribution in [-0.2, 0) is 13.1 Å². The standard InChI is InChI=1S/C16H29N3/c1-5-17-13-15-9-6-7-10-16(15)14-19(4)12-8-11-18(2)3/h6-7,9-10,17H,5,8,11-14H2,1-4H3. The SMILES string of the molecule is CCNCc1ccccc1CN(C)CCCN(C)C. The minimum absolute atomic E-state index is 0.970. The lowest BCUT2D eigenvalue weighted by Gasteiger charge is -2.20. The highest BCUT2D eigenvalue weighted by Crippen LogP contribution is 2.11. The predicted molar refractivity (Wildman–Crippen MR) is 83.3 cm³/mol. The summed E-state index contributed by atoms with van der Waals surface area (Å²) >= 11 is 0. The van der Waals surface area contributed by atoms with Gasteiger partial charge in [-0.15, -0.1) is 0 Å². The molecular formula is C16H29N3. The zero-order valence-electron chi connectivity index (χ0n) is 12.9. The van der Waals surface area contributed by atoms with Gasteiger partial charge >= 0.3 is 0 Å². The van der Waals surface area contributed by atoms with Crippen LogP contribution in [0, 0.1) is 0 Å². The monoisotopic (exact) mass is 263 g/mol. The van der Waals surface area contributed by atoms with Gasteiger partial charge in [-0.1, -0.05) is 31.2 Å². The summed E-state index contributed by atoms with van der Waals surface area (Å²) in [6.07, 6.45) is 1.22. The average Bonchev–Trinajstić information content (AvgIpc) is 2.37. The molecule has 0 fully saturated rings. The van der Waals surface area contributed by atoms with Crippen molar-refractivity contribution < 1.29 is 0 Å². The van der Waals surface area contributed by atoms with Gasteiger partial charge in [0.15, 0.2) is 0 Å². The Morgan fingerprint density at radius 1 is 1.00 bits per heavy atom. The van der Waals surface area contributed by atoms with Gasteiger partial charge in [-0.25, -0.2) is 0 Å². The fraction of sp³-hybridized carbons (Fsp3) is 0.625. The lowest BCUT2D eigenvalue weighted by Crippen LogP contribution is -2.24. The topological polar surface area (TPSA) is 18.5 Å². The maximum Gasteiger partial charge on any atom is 0.0233 e. The molecule has 0 aliphatic heterocycles. The smallest absolute Gasteiger partial charge is 0.0233 e. The Kier molecular flexibility index (Phi) is 7.72. The zero-order valence-corrected chi connectivity index (χ0v) is 12.9. The summed E-state index contributed by atoms with van der Waals surface area (Å²) in [7, 11) is 6.47. The van der Waals surface area contributed by atoms with E-state index < -0.39 is 0 Å². The van der Waals surface area contributed by atoms with E-state index in [0.29, 0.717) is 0 Å². The van der Waals surface area contributed by atoms with Crippen molar-refractivity contribution in [2.24, 2.45) is 0 Å². The summed E-state index contributed by atoms with van der Waals surface area (Å²) in [5.74, 6) is 0. The second kappa shape index (κ2) is 9.08. The van der Waals surface area contributed by atoms with Crippen molar-refractivity contribution in [1.29, 1.82) is 0 Å². The van der Waals surface area contributed by atoms with Crippen LogP contribution in [0.5, 0.6) is 0 Å². The summed E-state index contributed by atoms with van der Waals surface area (Å²) in [4.78, 5) is 4.65. The van der Waals surface area contributed by atoms with Crippen LogP contribution in [0.25, 0.3) is 0 Å². The molecule has 0 unspecified atom stereocenters. The third kappa shape index (κ3) is 6.71. The summed E-state index contributed by atoms with van der Waals surface area (Å²) in [6.45, 7) is 7.48. The third-order valence-corrected chi connectivity index (χ3v) is 3.27. The summed E-state index contributed by atoms with van der Waals surface area (Å²) in [5.41, 5.74) is 2.86. The van der Waals surface area contributed by atoms with E-state index in [1.807, 2.05) is 0 Å². The quantitative estimate of drug-likeness (QED) is 0.737. The summed E-state index contributed by atoms with van der Waals surface area (Å²) < 4.78 is 0. The fourth-order valence-corrected chi connectivity index (χ4v) is 2.17. The van der Waals surface area contributed by atoms with Gasteiger partial charge in [-0.2, -0.15) is 0 Å². The first-order valence-electron chi connectivity index (χ1n) is 7.24. The highest BCUT2D eigenvalue weighted by molar-refractivity contribution is 5.26. The van der Waals surface area contributed by atoms with Crippen LogP contribution in [0.2, 0.25) is 0 Å². The van der Waals surface area contributed by atoms with E-state index >= 15 is 0 Å². The molecule has 0 aromatic heterocycles. The van der Waals surface area contributed by atoms with Crippen LogP contribution in [-0.4, -0.2) is 50.6 Å². The van der Waals surface area contributed by atoms with Crippen molar-refractivity contribution in [3.05, 3.63) is 35.4 Å². The van der Waals surface area contributed by atoms with Crippen molar-refractivity contribution in [3.63, 3.8) is 0 Å². The molecule has 3 heteroatoms. The highest BCUT2D eigenvalue weighted by Gasteiger charge is 2.05. The molecule has 0 aliphatic rings. The van der Waals surface area contributed by atoms with E-state index in [1.165, 1.54) is 17.5 Å². The molecule has 1 aromatic rings. The lowest BCUT2D eigenvalue weighted by atomic mass is 10.1. The molecule has 0 bridgehead atoms. The molecule has 1 N–H and O–H groups in total. The second-order valence-electron chi connectivity index (χ2n) is 5.44. The fourth-order valence-electron chi connectivity index (χ4n) is 2.17. The maximum absolute atomic E-state index is 3.41. The van der Waals surface area contributed by atoms with Gasteiger partial charge in [0.25, 0.3) is 0 Å². The Hall–Kier alpha value is -0.900.